The summed E-state index contributed by atoms with van der Waals surface area (Å²) in [5.41, 5.74) is 6.24. The highest BCUT2D eigenvalue weighted by Crippen LogP contribution is 2.37. The molecule has 0 radical (unpaired) electrons. The first-order valence-corrected chi connectivity index (χ1v) is 13.2. The minimum atomic E-state index is -1.14. The Bertz CT molecular complexity index is 1540. The molecule has 4 rings (SSSR count). The lowest BCUT2D eigenvalue weighted by Gasteiger charge is -2.16. The fourth-order valence-electron chi connectivity index (χ4n) is 3.99. The molecule has 0 saturated heterocycles. The maximum atomic E-state index is 12.5. The number of furan rings is 1. The van der Waals surface area contributed by atoms with E-state index < -0.39 is 18.0 Å². The third kappa shape index (κ3) is 7.29. The molecule has 2 heterocycles. The number of halogens is 1. The number of nitrogens with one attached hydrogen (secondary N) is 1. The molecule has 1 amide bonds. The van der Waals surface area contributed by atoms with Gasteiger partial charge in [0.25, 0.3) is 0 Å². The molecule has 1 atom stereocenters. The number of hydrogen-bond donors (Lipinski definition) is 2. The number of benzene rings is 2. The van der Waals surface area contributed by atoms with Crippen molar-refractivity contribution in [3.05, 3.63) is 94.2 Å². The number of ether oxygens (including phenoxy) is 3. The van der Waals surface area contributed by atoms with E-state index in [1.807, 2.05) is 24.3 Å². The SMILES string of the molecule is CCOc1cc(/C=N/NC(=O)c2ccc(COc3ccc(-n4c(C)ccc4C)cc3)o2)cc(Cl)c1O[C@H](C)C(=O)O. The van der Waals surface area contributed by atoms with E-state index in [4.69, 9.17) is 35.3 Å². The van der Waals surface area contributed by atoms with Crippen LogP contribution in [-0.2, 0) is 11.4 Å². The number of carboxylic acids is 1. The van der Waals surface area contributed by atoms with Gasteiger partial charge in [0.1, 0.15) is 18.1 Å². The summed E-state index contributed by atoms with van der Waals surface area (Å²) in [5.74, 6) is -0.133. The number of carboxylic acid groups (broad SMARTS) is 1. The van der Waals surface area contributed by atoms with Gasteiger partial charge >= 0.3 is 11.9 Å². The van der Waals surface area contributed by atoms with E-state index in [0.29, 0.717) is 23.7 Å². The Kier molecular flexibility index (Phi) is 9.36. The lowest BCUT2D eigenvalue weighted by Crippen LogP contribution is -2.23. The van der Waals surface area contributed by atoms with Crippen molar-refractivity contribution in [2.75, 3.05) is 6.61 Å². The molecule has 0 aliphatic carbocycles. The Labute approximate surface area is 242 Å². The second kappa shape index (κ2) is 13.1. The van der Waals surface area contributed by atoms with Crippen molar-refractivity contribution in [1.82, 2.24) is 9.99 Å². The van der Waals surface area contributed by atoms with Crippen LogP contribution in [0, 0.1) is 13.8 Å². The standard InChI is InChI=1S/C30H30ClN3O7/c1-5-38-27-15-21(14-25(31)28(27)40-20(4)30(36)37)16-32-33-29(35)26-13-12-24(41-26)17-39-23-10-8-22(9-11-23)34-18(2)6-7-19(34)3/h6-16,20H,5,17H2,1-4H3,(H,33,35)(H,36,37)/b32-16+/t20-/m1/s1. The normalized spacial score (nSPS) is 11.8. The van der Waals surface area contributed by atoms with Crippen LogP contribution in [0.3, 0.4) is 0 Å². The number of aromatic nitrogens is 1. The summed E-state index contributed by atoms with van der Waals surface area (Å²) >= 11 is 6.30. The summed E-state index contributed by atoms with van der Waals surface area (Å²) in [6.07, 6.45) is 0.239. The molecule has 0 aliphatic heterocycles. The van der Waals surface area contributed by atoms with Crippen molar-refractivity contribution in [1.29, 1.82) is 0 Å². The smallest absolute Gasteiger partial charge is 0.344 e. The first-order chi connectivity index (χ1) is 19.7. The maximum absolute atomic E-state index is 12.5. The molecule has 4 aromatic rings. The van der Waals surface area contributed by atoms with Crippen LogP contribution in [-0.4, -0.2) is 40.5 Å². The third-order valence-electron chi connectivity index (χ3n) is 5.99. The average molecular weight is 580 g/mol. The zero-order valence-electron chi connectivity index (χ0n) is 23.0. The molecule has 2 aromatic carbocycles. The Morgan fingerprint density at radius 1 is 1.07 bits per heavy atom. The molecule has 2 N–H and O–H groups in total. The first-order valence-electron chi connectivity index (χ1n) is 12.8. The summed E-state index contributed by atoms with van der Waals surface area (Å²) < 4.78 is 24.6. The van der Waals surface area contributed by atoms with Crippen LogP contribution in [0.15, 0.2) is 70.2 Å². The second-order valence-electron chi connectivity index (χ2n) is 9.06. The predicted octanol–water partition coefficient (Wildman–Crippen LogP) is 5.93. The van der Waals surface area contributed by atoms with Gasteiger partial charge in [0, 0.05) is 17.1 Å². The van der Waals surface area contributed by atoms with Gasteiger partial charge in [0.15, 0.2) is 23.4 Å². The number of aliphatic carboxylic acids is 1. The molecule has 10 nitrogen and oxygen atoms in total. The van der Waals surface area contributed by atoms with Crippen LogP contribution in [0.1, 0.15) is 47.1 Å². The zero-order chi connectivity index (χ0) is 29.5. The monoisotopic (exact) mass is 579 g/mol. The van der Waals surface area contributed by atoms with Gasteiger partial charge in [-0.3, -0.25) is 4.79 Å². The van der Waals surface area contributed by atoms with Gasteiger partial charge in [0.2, 0.25) is 0 Å². The van der Waals surface area contributed by atoms with E-state index in [-0.39, 0.29) is 28.9 Å². The van der Waals surface area contributed by atoms with E-state index in [1.54, 1.807) is 19.1 Å². The van der Waals surface area contributed by atoms with Gasteiger partial charge in [-0.05, 0) is 93.9 Å². The number of rotatable bonds is 12. The molecule has 11 heteroatoms. The fourth-order valence-corrected chi connectivity index (χ4v) is 4.25. The molecular formula is C30H30ClN3O7. The molecule has 214 valence electrons. The van der Waals surface area contributed by atoms with Crippen LogP contribution in [0.5, 0.6) is 17.2 Å². The van der Waals surface area contributed by atoms with E-state index in [0.717, 1.165) is 17.1 Å². The molecule has 2 aromatic heterocycles. The Morgan fingerprint density at radius 3 is 2.44 bits per heavy atom. The number of carbonyl (C=O) groups excluding carboxylic acids is 1. The van der Waals surface area contributed by atoms with Crippen molar-refractivity contribution in [3.8, 4) is 22.9 Å². The largest absolute Gasteiger partial charge is 0.490 e. The van der Waals surface area contributed by atoms with Crippen LogP contribution >= 0.6 is 11.6 Å². The Balaban J connectivity index is 1.34. The Hall–Kier alpha value is -4.70. The van der Waals surface area contributed by atoms with Crippen LogP contribution in [0.4, 0.5) is 0 Å². The quantitative estimate of drug-likeness (QED) is 0.157. The second-order valence-corrected chi connectivity index (χ2v) is 9.47. The van der Waals surface area contributed by atoms with Gasteiger partial charge in [-0.15, -0.1) is 0 Å². The highest BCUT2D eigenvalue weighted by atomic mass is 35.5. The molecule has 41 heavy (non-hydrogen) atoms. The van der Waals surface area contributed by atoms with E-state index in [1.165, 1.54) is 25.3 Å². The average Bonchev–Trinajstić information content (AvgIpc) is 3.55. The number of hydrazone groups is 1. The van der Waals surface area contributed by atoms with Gasteiger partial charge in [-0.2, -0.15) is 5.10 Å². The molecule has 0 saturated carbocycles. The topological polar surface area (TPSA) is 125 Å². The molecule has 0 unspecified atom stereocenters. The van der Waals surface area contributed by atoms with Gasteiger partial charge in [-0.25, -0.2) is 10.2 Å². The van der Waals surface area contributed by atoms with Crippen LogP contribution in [0.2, 0.25) is 5.02 Å². The maximum Gasteiger partial charge on any atom is 0.344 e. The molecular weight excluding hydrogens is 550 g/mol. The number of nitrogens with zero attached hydrogens (tertiary/aromatic N) is 2. The van der Waals surface area contributed by atoms with Crippen molar-refractivity contribution in [3.63, 3.8) is 0 Å². The highest BCUT2D eigenvalue weighted by molar-refractivity contribution is 6.32. The Morgan fingerprint density at radius 2 is 1.78 bits per heavy atom. The first kappa shape index (κ1) is 29.3. The number of aryl methyl sites for hydroxylation is 2. The molecule has 0 bridgehead atoms. The molecule has 0 aliphatic rings. The lowest BCUT2D eigenvalue weighted by molar-refractivity contribution is -0.144. The zero-order valence-corrected chi connectivity index (χ0v) is 23.8. The summed E-state index contributed by atoms with van der Waals surface area (Å²) in [5, 5.41) is 13.2. The minimum absolute atomic E-state index is 0.0640. The fraction of sp³-hybridized carbons (Fsp3) is 0.233. The number of hydrogen-bond acceptors (Lipinski definition) is 7. The lowest BCUT2D eigenvalue weighted by atomic mass is 10.2. The van der Waals surface area contributed by atoms with Gasteiger partial charge < -0.3 is 28.3 Å². The number of carbonyl (C=O) groups is 2. The van der Waals surface area contributed by atoms with Gasteiger partial charge in [0.05, 0.1) is 17.8 Å². The van der Waals surface area contributed by atoms with Crippen LogP contribution in [0.25, 0.3) is 5.69 Å². The minimum Gasteiger partial charge on any atom is -0.490 e. The van der Waals surface area contributed by atoms with Crippen molar-refractivity contribution >= 4 is 29.7 Å². The summed E-state index contributed by atoms with van der Waals surface area (Å²) in [6, 6.07) is 18.2. The molecule has 0 fully saturated rings. The van der Waals surface area contributed by atoms with E-state index in [9.17, 15) is 9.59 Å². The number of amides is 1. The van der Waals surface area contributed by atoms with E-state index >= 15 is 0 Å². The third-order valence-corrected chi connectivity index (χ3v) is 6.27. The van der Waals surface area contributed by atoms with Gasteiger partial charge in [-0.1, -0.05) is 11.6 Å². The van der Waals surface area contributed by atoms with E-state index in [2.05, 4.69) is 41.1 Å². The van der Waals surface area contributed by atoms with Crippen molar-refractivity contribution in [2.24, 2.45) is 5.10 Å². The van der Waals surface area contributed by atoms with Crippen LogP contribution < -0.4 is 19.6 Å². The van der Waals surface area contributed by atoms with Crippen molar-refractivity contribution < 1.29 is 33.3 Å². The predicted molar refractivity (Wildman–Crippen MR) is 154 cm³/mol. The summed E-state index contributed by atoms with van der Waals surface area (Å²) in [7, 11) is 0. The summed E-state index contributed by atoms with van der Waals surface area (Å²) in [6.45, 7) is 7.71. The summed E-state index contributed by atoms with van der Waals surface area (Å²) in [4.78, 5) is 23.7. The molecule has 0 spiro atoms. The van der Waals surface area contributed by atoms with Crippen molar-refractivity contribution in [2.45, 2.75) is 40.4 Å². The highest BCUT2D eigenvalue weighted by Gasteiger charge is 2.19.